The van der Waals surface area contributed by atoms with Crippen LogP contribution >= 0.6 is 0 Å². The Hall–Kier alpha value is -0.0800. The molecule has 9 rings (SSSR count). The highest BCUT2D eigenvalue weighted by Crippen LogP contribution is 2.59. The molecule has 0 radical (unpaired) electrons. The smallest absolute Gasteiger partial charge is 0.0133 e. The number of hydrogen-bond acceptors (Lipinski definition) is 2. The molecule has 0 amide bonds. The van der Waals surface area contributed by atoms with Crippen molar-refractivity contribution in [3.8, 4) is 0 Å². The summed E-state index contributed by atoms with van der Waals surface area (Å²) in [6, 6.07) is 5.82. The second kappa shape index (κ2) is 13.1. The Bertz CT molecular complexity index is 943. The van der Waals surface area contributed by atoms with Crippen LogP contribution in [0.1, 0.15) is 180 Å². The molecule has 0 aromatic rings. The Balaban J connectivity index is 0.924. The monoisotopic (exact) mass is 603 g/mol. The lowest BCUT2D eigenvalue weighted by Gasteiger charge is -2.46. The summed E-state index contributed by atoms with van der Waals surface area (Å²) in [6.07, 6.45) is 43.7. The first kappa shape index (κ1) is 30.0. The molecule has 11 atom stereocenters. The first-order valence-corrected chi connectivity index (χ1v) is 21.4. The van der Waals surface area contributed by atoms with E-state index in [1.807, 2.05) is 0 Å². The van der Waals surface area contributed by atoms with Gasteiger partial charge < -0.3 is 0 Å². The third kappa shape index (κ3) is 5.41. The summed E-state index contributed by atoms with van der Waals surface area (Å²) in [5, 5.41) is 0. The molecule has 0 bridgehead atoms. The molecule has 0 aromatic carbocycles. The molecule has 248 valence electrons. The van der Waals surface area contributed by atoms with Gasteiger partial charge in [-0.3, -0.25) is 9.80 Å². The van der Waals surface area contributed by atoms with Gasteiger partial charge in [0, 0.05) is 36.3 Å². The van der Waals surface area contributed by atoms with E-state index in [0.717, 1.165) is 83.6 Å². The van der Waals surface area contributed by atoms with E-state index in [9.17, 15) is 0 Å². The first-order valence-electron chi connectivity index (χ1n) is 21.4. The molecular weight excluding hydrogens is 532 g/mol. The fourth-order valence-corrected chi connectivity index (χ4v) is 15.4. The molecule has 9 aliphatic rings. The summed E-state index contributed by atoms with van der Waals surface area (Å²) in [6.45, 7) is 0. The Labute approximate surface area is 272 Å². The molecule has 44 heavy (non-hydrogen) atoms. The SMILES string of the molecule is C1CCC(C2CCC3C(C2)C2CC(C4CCC5C(C4)C4CCCCC4N5C4CCCCC4)CCC2N3C2CCCCC2)CC1. The minimum absolute atomic E-state index is 0.956. The fourth-order valence-electron chi connectivity index (χ4n) is 15.4. The highest BCUT2D eigenvalue weighted by atomic mass is 15.3. The van der Waals surface area contributed by atoms with Crippen molar-refractivity contribution < 1.29 is 0 Å². The average Bonchev–Trinajstić information content (AvgIpc) is 3.61. The standard InChI is InChI=1S/C42H70N2/c1-4-12-29(13-5-1)30-20-23-41-37(26-30)38-28-32(22-25-42(38)44(41)34-16-8-3-9-17-34)31-21-24-40-36(27-31)35-18-10-11-19-39(35)43(40)33-14-6-2-7-15-33/h29-42H,1-28H2. The zero-order chi connectivity index (χ0) is 29.0. The van der Waals surface area contributed by atoms with Gasteiger partial charge in [-0.1, -0.05) is 83.5 Å². The van der Waals surface area contributed by atoms with Crippen LogP contribution in [0.15, 0.2) is 0 Å². The quantitative estimate of drug-likeness (QED) is 0.316. The van der Waals surface area contributed by atoms with Crippen LogP contribution in [0.25, 0.3) is 0 Å². The van der Waals surface area contributed by atoms with Gasteiger partial charge in [-0.05, 0) is 144 Å². The van der Waals surface area contributed by atoms with E-state index in [0.29, 0.717) is 0 Å². The molecule has 7 aliphatic carbocycles. The van der Waals surface area contributed by atoms with Crippen molar-refractivity contribution in [3.05, 3.63) is 0 Å². The molecular formula is C42H70N2. The van der Waals surface area contributed by atoms with Crippen LogP contribution < -0.4 is 0 Å². The highest BCUT2D eigenvalue weighted by molar-refractivity contribution is 5.10. The third-order valence-corrected chi connectivity index (χ3v) is 17.1. The van der Waals surface area contributed by atoms with Crippen molar-refractivity contribution in [1.82, 2.24) is 9.80 Å². The van der Waals surface area contributed by atoms with Crippen molar-refractivity contribution >= 4 is 0 Å². The zero-order valence-corrected chi connectivity index (χ0v) is 28.8. The number of fused-ring (bicyclic) bond motifs is 6. The largest absolute Gasteiger partial charge is 0.294 e. The second-order valence-corrected chi connectivity index (χ2v) is 18.8. The van der Waals surface area contributed by atoms with Crippen molar-refractivity contribution in [2.75, 3.05) is 0 Å². The molecule has 0 N–H and O–H groups in total. The maximum absolute atomic E-state index is 3.31. The molecule has 9 fully saturated rings. The Morgan fingerprint density at radius 1 is 0.250 bits per heavy atom. The van der Waals surface area contributed by atoms with Crippen molar-refractivity contribution in [3.63, 3.8) is 0 Å². The van der Waals surface area contributed by atoms with Gasteiger partial charge in [0.15, 0.2) is 0 Å². The molecule has 2 heteroatoms. The summed E-state index contributed by atoms with van der Waals surface area (Å²) < 4.78 is 0. The van der Waals surface area contributed by atoms with Crippen LogP contribution in [-0.4, -0.2) is 46.1 Å². The number of nitrogens with zero attached hydrogens (tertiary/aromatic N) is 2. The topological polar surface area (TPSA) is 6.48 Å². The average molecular weight is 603 g/mol. The number of hydrogen-bond donors (Lipinski definition) is 0. The summed E-state index contributed by atoms with van der Waals surface area (Å²) >= 11 is 0. The van der Waals surface area contributed by atoms with E-state index in [1.54, 1.807) is 103 Å². The van der Waals surface area contributed by atoms with Crippen LogP contribution in [0.2, 0.25) is 0 Å². The van der Waals surface area contributed by atoms with Crippen LogP contribution in [0.5, 0.6) is 0 Å². The van der Waals surface area contributed by atoms with Gasteiger partial charge in [0.25, 0.3) is 0 Å². The van der Waals surface area contributed by atoms with E-state index in [1.165, 1.54) is 77.0 Å². The molecule has 2 aliphatic heterocycles. The van der Waals surface area contributed by atoms with Crippen molar-refractivity contribution in [1.29, 1.82) is 0 Å². The normalized spacial score (nSPS) is 48.4. The molecule has 2 saturated heterocycles. The minimum atomic E-state index is 0.956. The Morgan fingerprint density at radius 3 is 1.11 bits per heavy atom. The van der Waals surface area contributed by atoms with E-state index in [-0.39, 0.29) is 0 Å². The molecule has 0 spiro atoms. The predicted molar refractivity (Wildman–Crippen MR) is 184 cm³/mol. The lowest BCUT2D eigenvalue weighted by Crippen LogP contribution is -2.49. The van der Waals surface area contributed by atoms with E-state index < -0.39 is 0 Å². The molecule has 2 heterocycles. The van der Waals surface area contributed by atoms with Gasteiger partial charge in [-0.25, -0.2) is 0 Å². The molecule has 0 aromatic heterocycles. The van der Waals surface area contributed by atoms with Crippen molar-refractivity contribution in [2.45, 2.75) is 216 Å². The maximum Gasteiger partial charge on any atom is 0.0133 e. The van der Waals surface area contributed by atoms with Crippen LogP contribution in [0.4, 0.5) is 0 Å². The zero-order valence-electron chi connectivity index (χ0n) is 28.8. The minimum Gasteiger partial charge on any atom is -0.294 e. The van der Waals surface area contributed by atoms with E-state index in [4.69, 9.17) is 0 Å². The lowest BCUT2D eigenvalue weighted by molar-refractivity contribution is 0.0307. The van der Waals surface area contributed by atoms with Crippen LogP contribution in [0.3, 0.4) is 0 Å². The lowest BCUT2D eigenvalue weighted by atomic mass is 9.60. The number of rotatable bonds is 4. The number of likely N-dealkylation sites (tertiary alicyclic amines) is 2. The molecule has 11 unspecified atom stereocenters. The van der Waals surface area contributed by atoms with Crippen LogP contribution in [-0.2, 0) is 0 Å². The summed E-state index contributed by atoms with van der Waals surface area (Å²) in [4.78, 5) is 6.57. The summed E-state index contributed by atoms with van der Waals surface area (Å²) in [7, 11) is 0. The van der Waals surface area contributed by atoms with Gasteiger partial charge in [-0.2, -0.15) is 0 Å². The van der Waals surface area contributed by atoms with Gasteiger partial charge in [0.05, 0.1) is 0 Å². The van der Waals surface area contributed by atoms with Gasteiger partial charge in [0.2, 0.25) is 0 Å². The maximum atomic E-state index is 3.31. The van der Waals surface area contributed by atoms with Crippen molar-refractivity contribution in [2.24, 2.45) is 47.3 Å². The second-order valence-electron chi connectivity index (χ2n) is 18.8. The Kier molecular flexibility index (Phi) is 8.93. The third-order valence-electron chi connectivity index (χ3n) is 17.1. The van der Waals surface area contributed by atoms with Gasteiger partial charge >= 0.3 is 0 Å². The fraction of sp³-hybridized carbons (Fsp3) is 1.00. The van der Waals surface area contributed by atoms with Crippen LogP contribution in [0, 0.1) is 47.3 Å². The summed E-state index contributed by atoms with van der Waals surface area (Å²) in [5.41, 5.74) is 0. The first-order chi connectivity index (χ1) is 21.8. The van der Waals surface area contributed by atoms with Gasteiger partial charge in [-0.15, -0.1) is 0 Å². The van der Waals surface area contributed by atoms with E-state index >= 15 is 0 Å². The Morgan fingerprint density at radius 2 is 0.614 bits per heavy atom. The predicted octanol–water partition coefficient (Wildman–Crippen LogP) is 10.8. The van der Waals surface area contributed by atoms with Gasteiger partial charge in [0.1, 0.15) is 0 Å². The summed E-state index contributed by atoms with van der Waals surface area (Å²) in [5.74, 6) is 8.61. The van der Waals surface area contributed by atoms with E-state index in [2.05, 4.69) is 9.80 Å². The highest BCUT2D eigenvalue weighted by Gasteiger charge is 2.57. The molecule has 2 nitrogen and oxygen atoms in total. The molecule has 7 saturated carbocycles.